The van der Waals surface area contributed by atoms with E-state index in [0.29, 0.717) is 0 Å². The molecule has 2 aromatic rings. The molecule has 0 bridgehead atoms. The average Bonchev–Trinajstić information content (AvgIpc) is 2.85. The van der Waals surface area contributed by atoms with E-state index in [4.69, 9.17) is 0 Å². The third-order valence-electron chi connectivity index (χ3n) is 3.15. The quantitative estimate of drug-likeness (QED) is 0.792. The van der Waals surface area contributed by atoms with Gasteiger partial charge in [0.1, 0.15) is 5.82 Å². The second kappa shape index (κ2) is 3.09. The minimum absolute atomic E-state index is 0.895. The number of aromatic nitrogens is 2. The number of fused-ring (bicyclic) bond motifs is 1. The molecule has 0 radical (unpaired) electrons. The standard InChI is InChI=1S/C13H16N2/c1-8-5-9(2)13-11(6-8)14-12(15-13)7-10-3-4-10/h5-6,10H,3-4,7H2,1-2H3,(H,14,15). The topological polar surface area (TPSA) is 28.7 Å². The SMILES string of the molecule is Cc1cc(C)c2nc(CC3CC3)[nH]c2c1. The van der Waals surface area contributed by atoms with Gasteiger partial charge in [0.2, 0.25) is 0 Å². The number of benzene rings is 1. The number of hydrogen-bond acceptors (Lipinski definition) is 1. The van der Waals surface area contributed by atoms with Gasteiger partial charge in [-0.15, -0.1) is 0 Å². The molecule has 0 spiro atoms. The van der Waals surface area contributed by atoms with Crippen LogP contribution in [0.2, 0.25) is 0 Å². The predicted molar refractivity (Wildman–Crippen MR) is 62.0 cm³/mol. The molecule has 0 atom stereocenters. The van der Waals surface area contributed by atoms with Crippen molar-refractivity contribution in [3.05, 3.63) is 29.1 Å². The van der Waals surface area contributed by atoms with Crippen LogP contribution >= 0.6 is 0 Å². The van der Waals surface area contributed by atoms with Crippen LogP contribution in [0.25, 0.3) is 11.0 Å². The van der Waals surface area contributed by atoms with Crippen molar-refractivity contribution in [2.45, 2.75) is 33.1 Å². The van der Waals surface area contributed by atoms with Crippen LogP contribution in [0.3, 0.4) is 0 Å². The summed E-state index contributed by atoms with van der Waals surface area (Å²) < 4.78 is 0. The Balaban J connectivity index is 2.07. The molecule has 0 saturated heterocycles. The Morgan fingerprint density at radius 2 is 2.13 bits per heavy atom. The van der Waals surface area contributed by atoms with Crippen LogP contribution < -0.4 is 0 Å². The van der Waals surface area contributed by atoms with E-state index in [1.807, 2.05) is 0 Å². The summed E-state index contributed by atoms with van der Waals surface area (Å²) >= 11 is 0. The first kappa shape index (κ1) is 8.96. The molecule has 0 amide bonds. The molecule has 0 unspecified atom stereocenters. The summed E-state index contributed by atoms with van der Waals surface area (Å²) in [7, 11) is 0. The maximum atomic E-state index is 4.68. The minimum atomic E-state index is 0.895. The Morgan fingerprint density at radius 1 is 1.33 bits per heavy atom. The molecular formula is C13H16N2. The number of aromatic amines is 1. The van der Waals surface area contributed by atoms with Crippen molar-refractivity contribution in [3.8, 4) is 0 Å². The molecule has 1 aliphatic carbocycles. The molecule has 78 valence electrons. The first-order valence-electron chi connectivity index (χ1n) is 5.68. The summed E-state index contributed by atoms with van der Waals surface area (Å²) in [4.78, 5) is 8.12. The van der Waals surface area contributed by atoms with E-state index in [9.17, 15) is 0 Å². The van der Waals surface area contributed by atoms with E-state index < -0.39 is 0 Å². The van der Waals surface area contributed by atoms with Crippen LogP contribution in [0.4, 0.5) is 0 Å². The molecule has 1 saturated carbocycles. The lowest BCUT2D eigenvalue weighted by Crippen LogP contribution is -1.88. The molecular weight excluding hydrogens is 184 g/mol. The van der Waals surface area contributed by atoms with Crippen molar-refractivity contribution in [1.29, 1.82) is 0 Å². The van der Waals surface area contributed by atoms with Gasteiger partial charge in [0, 0.05) is 6.42 Å². The van der Waals surface area contributed by atoms with Crippen LogP contribution in [0.1, 0.15) is 29.8 Å². The van der Waals surface area contributed by atoms with E-state index in [1.165, 1.54) is 35.3 Å². The van der Waals surface area contributed by atoms with Crippen molar-refractivity contribution in [2.24, 2.45) is 5.92 Å². The highest BCUT2D eigenvalue weighted by Crippen LogP contribution is 2.32. The fourth-order valence-electron chi connectivity index (χ4n) is 2.21. The minimum Gasteiger partial charge on any atom is -0.342 e. The normalized spacial score (nSPS) is 16.1. The van der Waals surface area contributed by atoms with Gasteiger partial charge in [-0.25, -0.2) is 4.98 Å². The van der Waals surface area contributed by atoms with Crippen LogP contribution in [-0.2, 0) is 6.42 Å². The van der Waals surface area contributed by atoms with E-state index in [0.717, 1.165) is 17.9 Å². The summed E-state index contributed by atoms with van der Waals surface area (Å²) in [5.74, 6) is 2.06. The summed E-state index contributed by atoms with van der Waals surface area (Å²) in [6.07, 6.45) is 3.90. The van der Waals surface area contributed by atoms with Crippen LogP contribution in [-0.4, -0.2) is 9.97 Å². The number of rotatable bonds is 2. The highest BCUT2D eigenvalue weighted by Gasteiger charge is 2.23. The second-order valence-corrected chi connectivity index (χ2v) is 4.81. The van der Waals surface area contributed by atoms with Crippen molar-refractivity contribution < 1.29 is 0 Å². The Bertz CT molecular complexity index is 506. The molecule has 2 nitrogen and oxygen atoms in total. The number of imidazole rings is 1. The molecule has 2 heteroatoms. The Kier molecular flexibility index (Phi) is 1.84. The van der Waals surface area contributed by atoms with Crippen LogP contribution in [0.15, 0.2) is 12.1 Å². The first-order chi connectivity index (χ1) is 7.22. The Morgan fingerprint density at radius 3 is 2.87 bits per heavy atom. The number of aryl methyl sites for hydroxylation is 2. The zero-order valence-electron chi connectivity index (χ0n) is 9.30. The highest BCUT2D eigenvalue weighted by molar-refractivity contribution is 5.79. The smallest absolute Gasteiger partial charge is 0.107 e. The first-order valence-corrected chi connectivity index (χ1v) is 5.68. The third-order valence-corrected chi connectivity index (χ3v) is 3.15. The number of hydrogen-bond donors (Lipinski definition) is 1. The van der Waals surface area contributed by atoms with Gasteiger partial charge >= 0.3 is 0 Å². The molecule has 3 rings (SSSR count). The summed E-state index contributed by atoms with van der Waals surface area (Å²) in [6.45, 7) is 4.27. The summed E-state index contributed by atoms with van der Waals surface area (Å²) in [5.41, 5.74) is 4.93. The lowest BCUT2D eigenvalue weighted by atomic mass is 10.1. The van der Waals surface area contributed by atoms with Gasteiger partial charge in [-0.1, -0.05) is 6.07 Å². The Labute approximate surface area is 89.7 Å². The highest BCUT2D eigenvalue weighted by atomic mass is 14.9. The zero-order chi connectivity index (χ0) is 10.4. The molecule has 15 heavy (non-hydrogen) atoms. The number of nitrogens with one attached hydrogen (secondary N) is 1. The van der Waals surface area contributed by atoms with Gasteiger partial charge in [-0.2, -0.15) is 0 Å². The van der Waals surface area contributed by atoms with E-state index in [1.54, 1.807) is 0 Å². The molecule has 1 aromatic carbocycles. The van der Waals surface area contributed by atoms with Gasteiger partial charge in [-0.3, -0.25) is 0 Å². The second-order valence-electron chi connectivity index (χ2n) is 4.81. The monoisotopic (exact) mass is 200 g/mol. The van der Waals surface area contributed by atoms with Crippen molar-refractivity contribution >= 4 is 11.0 Å². The fraction of sp³-hybridized carbons (Fsp3) is 0.462. The predicted octanol–water partition coefficient (Wildman–Crippen LogP) is 3.13. The van der Waals surface area contributed by atoms with E-state index in [2.05, 4.69) is 35.9 Å². The van der Waals surface area contributed by atoms with E-state index in [-0.39, 0.29) is 0 Å². The van der Waals surface area contributed by atoms with Crippen molar-refractivity contribution in [2.75, 3.05) is 0 Å². The molecule has 1 heterocycles. The number of nitrogens with zero attached hydrogens (tertiary/aromatic N) is 1. The lowest BCUT2D eigenvalue weighted by Gasteiger charge is -1.96. The number of H-pyrrole nitrogens is 1. The molecule has 0 aliphatic heterocycles. The van der Waals surface area contributed by atoms with Gasteiger partial charge in [0.15, 0.2) is 0 Å². The fourth-order valence-corrected chi connectivity index (χ4v) is 2.21. The van der Waals surface area contributed by atoms with Gasteiger partial charge in [0.05, 0.1) is 11.0 Å². The summed E-state index contributed by atoms with van der Waals surface area (Å²) in [6, 6.07) is 4.38. The van der Waals surface area contributed by atoms with E-state index >= 15 is 0 Å². The van der Waals surface area contributed by atoms with Crippen LogP contribution in [0.5, 0.6) is 0 Å². The average molecular weight is 200 g/mol. The van der Waals surface area contributed by atoms with Crippen LogP contribution in [0, 0.1) is 19.8 Å². The lowest BCUT2D eigenvalue weighted by molar-refractivity contribution is 0.787. The molecule has 1 N–H and O–H groups in total. The molecule has 1 aromatic heterocycles. The van der Waals surface area contributed by atoms with Gasteiger partial charge in [-0.05, 0) is 49.8 Å². The Hall–Kier alpha value is -1.31. The zero-order valence-corrected chi connectivity index (χ0v) is 9.30. The third kappa shape index (κ3) is 1.65. The molecule has 1 fully saturated rings. The summed E-state index contributed by atoms with van der Waals surface area (Å²) in [5, 5.41) is 0. The molecule has 1 aliphatic rings. The maximum Gasteiger partial charge on any atom is 0.107 e. The van der Waals surface area contributed by atoms with Gasteiger partial charge in [0.25, 0.3) is 0 Å². The van der Waals surface area contributed by atoms with Crippen molar-refractivity contribution in [1.82, 2.24) is 9.97 Å². The van der Waals surface area contributed by atoms with Crippen molar-refractivity contribution in [3.63, 3.8) is 0 Å². The maximum absolute atomic E-state index is 4.68. The largest absolute Gasteiger partial charge is 0.342 e. The van der Waals surface area contributed by atoms with Gasteiger partial charge < -0.3 is 4.98 Å².